The van der Waals surface area contributed by atoms with Crippen molar-refractivity contribution in [1.82, 2.24) is 10.2 Å². The Morgan fingerprint density at radius 1 is 1.03 bits per heavy atom. The van der Waals surface area contributed by atoms with Crippen molar-refractivity contribution >= 4 is 11.8 Å². The highest BCUT2D eigenvalue weighted by Crippen LogP contribution is 2.40. The second-order valence-electron chi connectivity index (χ2n) is 8.85. The van der Waals surface area contributed by atoms with Crippen molar-refractivity contribution in [3.05, 3.63) is 35.4 Å². The predicted molar refractivity (Wildman–Crippen MR) is 113 cm³/mol. The molecule has 0 bridgehead atoms. The quantitative estimate of drug-likeness (QED) is 0.636. The van der Waals surface area contributed by atoms with Crippen LogP contribution in [0.1, 0.15) is 81.8 Å². The van der Waals surface area contributed by atoms with Gasteiger partial charge in [0.2, 0.25) is 11.8 Å². The van der Waals surface area contributed by atoms with Crippen molar-refractivity contribution in [1.29, 1.82) is 0 Å². The summed E-state index contributed by atoms with van der Waals surface area (Å²) in [7, 11) is 0. The van der Waals surface area contributed by atoms with Crippen molar-refractivity contribution in [2.24, 2.45) is 5.92 Å². The summed E-state index contributed by atoms with van der Waals surface area (Å²) in [6, 6.07) is 5.48. The average Bonchev–Trinajstić information content (AvgIpc) is 2.98. The topological polar surface area (TPSA) is 49.4 Å². The van der Waals surface area contributed by atoms with E-state index >= 15 is 0 Å². The Hall–Kier alpha value is -2.05. The van der Waals surface area contributed by atoms with Gasteiger partial charge in [0.15, 0.2) is 0 Å². The summed E-state index contributed by atoms with van der Waals surface area (Å²) in [5, 5.41) is 3.12. The fraction of sp³-hybridized carbons (Fsp3) is 0.667. The van der Waals surface area contributed by atoms with Crippen molar-refractivity contribution in [3.63, 3.8) is 0 Å². The van der Waals surface area contributed by atoms with Crippen LogP contribution in [0, 0.1) is 5.92 Å². The molecule has 1 heterocycles. The number of hydrogen-bond acceptors (Lipinski definition) is 2. The monoisotopic (exact) mass is 438 g/mol. The zero-order chi connectivity index (χ0) is 22.4. The maximum Gasteiger partial charge on any atom is 0.416 e. The van der Waals surface area contributed by atoms with Gasteiger partial charge in [0.1, 0.15) is 0 Å². The molecule has 2 amide bonds. The van der Waals surface area contributed by atoms with Crippen LogP contribution < -0.4 is 5.32 Å². The Labute approximate surface area is 182 Å². The van der Waals surface area contributed by atoms with E-state index in [2.05, 4.69) is 5.32 Å². The molecule has 1 N–H and O–H groups in total. The van der Waals surface area contributed by atoms with E-state index in [-0.39, 0.29) is 29.7 Å². The van der Waals surface area contributed by atoms with Gasteiger partial charge in [-0.1, -0.05) is 44.4 Å². The molecule has 1 saturated heterocycles. The maximum absolute atomic E-state index is 13.6. The van der Waals surface area contributed by atoms with Crippen LogP contribution in [0.4, 0.5) is 13.2 Å². The minimum atomic E-state index is -4.41. The first-order chi connectivity index (χ1) is 14.8. The van der Waals surface area contributed by atoms with E-state index in [1.165, 1.54) is 6.07 Å². The number of halogens is 3. The second kappa shape index (κ2) is 10.5. The molecule has 1 aromatic rings. The summed E-state index contributed by atoms with van der Waals surface area (Å²) in [4.78, 5) is 26.9. The fourth-order valence-corrected chi connectivity index (χ4v) is 4.99. The molecule has 2 aliphatic rings. The van der Waals surface area contributed by atoms with Crippen molar-refractivity contribution < 1.29 is 22.8 Å². The van der Waals surface area contributed by atoms with Crippen LogP contribution in [0.15, 0.2) is 24.3 Å². The lowest BCUT2D eigenvalue weighted by Gasteiger charge is -2.34. The van der Waals surface area contributed by atoms with Gasteiger partial charge in [0.25, 0.3) is 0 Å². The number of carbonyl (C=O) groups is 2. The highest BCUT2D eigenvalue weighted by Gasteiger charge is 2.38. The maximum atomic E-state index is 13.6. The van der Waals surface area contributed by atoms with Crippen LogP contribution in [-0.4, -0.2) is 35.8 Å². The van der Waals surface area contributed by atoms with Crippen LogP contribution in [0.2, 0.25) is 0 Å². The molecular weight excluding hydrogens is 405 g/mol. The molecule has 0 spiro atoms. The van der Waals surface area contributed by atoms with Gasteiger partial charge >= 0.3 is 6.18 Å². The number of nitrogens with zero attached hydrogens (tertiary/aromatic N) is 1. The summed E-state index contributed by atoms with van der Waals surface area (Å²) in [6.07, 6.45) is 2.21. The van der Waals surface area contributed by atoms with Crippen LogP contribution in [0.3, 0.4) is 0 Å². The first-order valence-corrected chi connectivity index (χ1v) is 11.6. The summed E-state index contributed by atoms with van der Waals surface area (Å²) >= 11 is 0. The Bertz CT molecular complexity index is 757. The van der Waals surface area contributed by atoms with Gasteiger partial charge in [-0.2, -0.15) is 13.2 Å². The van der Waals surface area contributed by atoms with E-state index in [4.69, 9.17) is 0 Å². The fourth-order valence-electron chi connectivity index (χ4n) is 4.99. The number of rotatable bonds is 5. The van der Waals surface area contributed by atoms with Gasteiger partial charge in [-0.05, 0) is 43.7 Å². The molecule has 31 heavy (non-hydrogen) atoms. The summed E-state index contributed by atoms with van der Waals surface area (Å²) in [5.74, 6) is -0.471. The number of nitrogens with one attached hydrogen (secondary N) is 1. The second-order valence-corrected chi connectivity index (χ2v) is 8.85. The zero-order valence-electron chi connectivity index (χ0n) is 18.2. The van der Waals surface area contributed by atoms with E-state index in [0.717, 1.165) is 31.7 Å². The van der Waals surface area contributed by atoms with Gasteiger partial charge in [-0.15, -0.1) is 0 Å². The molecular formula is C24H33F3N2O2. The number of amides is 2. The summed E-state index contributed by atoms with van der Waals surface area (Å²) < 4.78 is 40.9. The van der Waals surface area contributed by atoms with E-state index < -0.39 is 11.7 Å². The normalized spacial score (nSPS) is 23.3. The van der Waals surface area contributed by atoms with Crippen molar-refractivity contribution in [2.75, 3.05) is 13.1 Å². The molecule has 2 fully saturated rings. The van der Waals surface area contributed by atoms with Gasteiger partial charge in [-0.3, -0.25) is 9.59 Å². The Kier molecular flexibility index (Phi) is 8.00. The van der Waals surface area contributed by atoms with E-state index in [0.29, 0.717) is 50.8 Å². The minimum Gasteiger partial charge on any atom is -0.353 e. The highest BCUT2D eigenvalue weighted by atomic mass is 19.4. The minimum absolute atomic E-state index is 0.0796. The van der Waals surface area contributed by atoms with Crippen molar-refractivity contribution in [2.45, 2.75) is 82.8 Å². The van der Waals surface area contributed by atoms with Gasteiger partial charge in [0.05, 0.1) is 5.56 Å². The van der Waals surface area contributed by atoms with Gasteiger partial charge in [-0.25, -0.2) is 0 Å². The lowest BCUT2D eigenvalue weighted by atomic mass is 9.84. The summed E-state index contributed by atoms with van der Waals surface area (Å²) in [5.41, 5.74) is -0.300. The third kappa shape index (κ3) is 6.01. The molecule has 2 atom stereocenters. The lowest BCUT2D eigenvalue weighted by Crippen LogP contribution is -2.46. The Morgan fingerprint density at radius 3 is 2.39 bits per heavy atom. The van der Waals surface area contributed by atoms with Gasteiger partial charge in [0, 0.05) is 37.4 Å². The standard InChI is InChI=1S/C24H33F3N2O2/c1-2-8-22(30)29-15-13-17(14-16-29)23(31)28-21-12-5-3-4-10-19(21)18-9-6-7-11-20(18)24(25,26)27/h6-7,9,11,17,19,21H,2-5,8,10,12-16H2,1H3,(H,28,31)/t19-,21+/m0/s1. The Balaban J connectivity index is 1.69. The molecule has 4 nitrogen and oxygen atoms in total. The third-order valence-corrected chi connectivity index (χ3v) is 6.69. The number of carbonyl (C=O) groups excluding carboxylic acids is 2. The molecule has 7 heteroatoms. The van der Waals surface area contributed by atoms with E-state index in [9.17, 15) is 22.8 Å². The van der Waals surface area contributed by atoms with E-state index in [1.807, 2.05) is 11.8 Å². The SMILES string of the molecule is CCCC(=O)N1CCC(C(=O)N[C@@H]2CCCCC[C@H]2c2ccccc2C(F)(F)F)CC1. The largest absolute Gasteiger partial charge is 0.416 e. The number of piperidine rings is 1. The summed E-state index contributed by atoms with van der Waals surface area (Å²) in [6.45, 7) is 3.11. The first kappa shape index (κ1) is 23.6. The first-order valence-electron chi connectivity index (χ1n) is 11.6. The lowest BCUT2D eigenvalue weighted by molar-refractivity contribution is -0.138. The predicted octanol–water partition coefficient (Wildman–Crippen LogP) is 5.28. The molecule has 0 radical (unpaired) electrons. The molecule has 0 unspecified atom stereocenters. The molecule has 0 aromatic heterocycles. The molecule has 172 valence electrons. The van der Waals surface area contributed by atoms with Crippen LogP contribution in [-0.2, 0) is 15.8 Å². The molecule has 3 rings (SSSR count). The third-order valence-electron chi connectivity index (χ3n) is 6.69. The van der Waals surface area contributed by atoms with Crippen LogP contribution in [0.5, 0.6) is 0 Å². The molecule has 1 aromatic carbocycles. The number of likely N-dealkylation sites (tertiary alicyclic amines) is 1. The van der Waals surface area contributed by atoms with Crippen LogP contribution >= 0.6 is 0 Å². The smallest absolute Gasteiger partial charge is 0.353 e. The van der Waals surface area contributed by atoms with E-state index in [1.54, 1.807) is 12.1 Å². The Morgan fingerprint density at radius 2 is 1.71 bits per heavy atom. The average molecular weight is 439 g/mol. The van der Waals surface area contributed by atoms with Gasteiger partial charge < -0.3 is 10.2 Å². The number of alkyl halides is 3. The molecule has 1 aliphatic heterocycles. The van der Waals surface area contributed by atoms with Crippen molar-refractivity contribution in [3.8, 4) is 0 Å². The number of benzene rings is 1. The molecule has 1 aliphatic carbocycles. The highest BCUT2D eigenvalue weighted by molar-refractivity contribution is 5.80. The van der Waals surface area contributed by atoms with Crippen LogP contribution in [0.25, 0.3) is 0 Å². The number of hydrogen-bond donors (Lipinski definition) is 1. The molecule has 1 saturated carbocycles. The zero-order valence-corrected chi connectivity index (χ0v) is 18.2.